The first-order valence-corrected chi connectivity index (χ1v) is 13.6. The van der Waals surface area contributed by atoms with E-state index in [9.17, 15) is 0 Å². The van der Waals surface area contributed by atoms with Crippen LogP contribution in [0.2, 0.25) is 5.02 Å². The number of ether oxygens (including phenoxy) is 1. The number of fused-ring (bicyclic) bond motifs is 6. The van der Waals surface area contributed by atoms with E-state index in [1.807, 2.05) is 48.5 Å². The van der Waals surface area contributed by atoms with Gasteiger partial charge in [-0.05, 0) is 54.1 Å². The monoisotopic (exact) mass is 535 g/mol. The van der Waals surface area contributed by atoms with Crippen LogP contribution < -0.4 is 4.74 Å². The van der Waals surface area contributed by atoms with Crippen LogP contribution in [0.3, 0.4) is 0 Å². The zero-order valence-corrected chi connectivity index (χ0v) is 22.1. The fourth-order valence-corrected chi connectivity index (χ4v) is 6.00. The molecule has 3 nitrogen and oxygen atoms in total. The molecule has 0 saturated heterocycles. The third-order valence-electron chi connectivity index (χ3n) is 7.48. The van der Waals surface area contributed by atoms with Crippen LogP contribution in [-0.4, -0.2) is 4.57 Å². The van der Waals surface area contributed by atoms with E-state index in [-0.39, 0.29) is 0 Å². The Hall–Kier alpha value is -4.99. The number of benzene rings is 6. The van der Waals surface area contributed by atoms with E-state index in [0.717, 1.165) is 55.5 Å². The zero-order valence-electron chi connectivity index (χ0n) is 21.3. The first-order chi connectivity index (χ1) is 19.7. The fraction of sp³-hybridized carbons (Fsp3) is 0. The Kier molecular flexibility index (Phi) is 5.19. The van der Waals surface area contributed by atoms with E-state index < -0.39 is 0 Å². The summed E-state index contributed by atoms with van der Waals surface area (Å²) in [5.74, 6) is 1.39. The smallest absolute Gasteiger partial charge is 0.143 e. The number of nitrogens with zero attached hydrogens (tertiary/aromatic N) is 1. The van der Waals surface area contributed by atoms with E-state index in [4.69, 9.17) is 20.8 Å². The molecule has 40 heavy (non-hydrogen) atoms. The van der Waals surface area contributed by atoms with Crippen LogP contribution in [-0.2, 0) is 0 Å². The lowest BCUT2D eigenvalue weighted by molar-refractivity contribution is 0.483. The standard InChI is InChI=1S/C36H22ClNO2/c37-24-19-23(28-14-8-15-32-31-13-3-6-18-35(31)40-36(28)32)20-27(21-24)39-26-10-7-9-25(22-26)38-33-16-4-1-11-29(33)30-12-2-5-17-34(30)38/h1-22H. The van der Waals surface area contributed by atoms with E-state index in [1.54, 1.807) is 0 Å². The molecule has 0 fully saturated rings. The molecule has 8 aromatic rings. The maximum atomic E-state index is 6.62. The third-order valence-corrected chi connectivity index (χ3v) is 7.70. The summed E-state index contributed by atoms with van der Waals surface area (Å²) in [4.78, 5) is 0. The second kappa shape index (κ2) is 9.04. The van der Waals surface area contributed by atoms with E-state index >= 15 is 0 Å². The second-order valence-electron chi connectivity index (χ2n) is 9.93. The van der Waals surface area contributed by atoms with Gasteiger partial charge >= 0.3 is 0 Å². The van der Waals surface area contributed by atoms with E-state index in [2.05, 4.69) is 89.5 Å². The Labute approximate surface area is 235 Å². The molecule has 0 spiro atoms. The summed E-state index contributed by atoms with van der Waals surface area (Å²) in [7, 11) is 0. The van der Waals surface area contributed by atoms with Crippen LogP contribution in [0.5, 0.6) is 11.5 Å². The molecule has 0 N–H and O–H groups in total. The molecule has 0 aliphatic carbocycles. The van der Waals surface area contributed by atoms with Crippen molar-refractivity contribution in [2.24, 2.45) is 0 Å². The highest BCUT2D eigenvalue weighted by atomic mass is 35.5. The first kappa shape index (κ1) is 22.9. The van der Waals surface area contributed by atoms with Crippen LogP contribution >= 0.6 is 11.6 Å². The maximum Gasteiger partial charge on any atom is 0.143 e. The highest BCUT2D eigenvalue weighted by Gasteiger charge is 2.15. The number of rotatable bonds is 4. The molecule has 0 radical (unpaired) electrons. The SMILES string of the molecule is Clc1cc(Oc2cccc(-n3c4ccccc4c4ccccc43)c2)cc(-c2cccc3c2oc2ccccc23)c1. The van der Waals surface area contributed by atoms with Gasteiger partial charge in [0.1, 0.15) is 22.7 Å². The molecule has 0 aliphatic heterocycles. The van der Waals surface area contributed by atoms with Crippen molar-refractivity contribution >= 4 is 55.3 Å². The predicted octanol–water partition coefficient (Wildman–Crippen LogP) is 10.8. The zero-order chi connectivity index (χ0) is 26.6. The van der Waals surface area contributed by atoms with Gasteiger partial charge in [0.05, 0.1) is 11.0 Å². The molecular weight excluding hydrogens is 514 g/mol. The Morgan fingerprint density at radius 1 is 0.550 bits per heavy atom. The molecule has 8 rings (SSSR count). The molecule has 6 aromatic carbocycles. The lowest BCUT2D eigenvalue weighted by Gasteiger charge is -2.12. The summed E-state index contributed by atoms with van der Waals surface area (Å²) >= 11 is 6.62. The molecule has 2 heterocycles. The molecule has 0 atom stereocenters. The summed E-state index contributed by atoms with van der Waals surface area (Å²) in [6, 6.07) is 45.3. The minimum Gasteiger partial charge on any atom is -0.457 e. The Bertz CT molecular complexity index is 2170. The highest BCUT2D eigenvalue weighted by molar-refractivity contribution is 6.31. The quantitative estimate of drug-likeness (QED) is 0.224. The van der Waals surface area contributed by atoms with Crippen LogP contribution in [0.25, 0.3) is 60.6 Å². The van der Waals surface area contributed by atoms with Crippen molar-refractivity contribution in [1.29, 1.82) is 0 Å². The molecule has 0 unspecified atom stereocenters. The second-order valence-corrected chi connectivity index (χ2v) is 10.4. The number of hydrogen-bond acceptors (Lipinski definition) is 2. The van der Waals surface area contributed by atoms with Crippen molar-refractivity contribution in [3.05, 3.63) is 138 Å². The minimum absolute atomic E-state index is 0.596. The number of hydrogen-bond donors (Lipinski definition) is 0. The number of aromatic nitrogens is 1. The van der Waals surface area contributed by atoms with Gasteiger partial charge in [-0.2, -0.15) is 0 Å². The summed E-state index contributed by atoms with van der Waals surface area (Å²) in [6.07, 6.45) is 0. The largest absolute Gasteiger partial charge is 0.457 e. The van der Waals surface area contributed by atoms with Gasteiger partial charge in [0.2, 0.25) is 0 Å². The molecule has 0 aliphatic rings. The van der Waals surface area contributed by atoms with Gasteiger partial charge in [-0.1, -0.05) is 90.5 Å². The molecule has 0 saturated carbocycles. The normalized spacial score (nSPS) is 11.6. The first-order valence-electron chi connectivity index (χ1n) is 13.2. The van der Waals surface area contributed by atoms with Gasteiger partial charge in [-0.15, -0.1) is 0 Å². The molecule has 0 amide bonds. The van der Waals surface area contributed by atoms with E-state index in [0.29, 0.717) is 10.8 Å². The predicted molar refractivity (Wildman–Crippen MR) is 165 cm³/mol. The van der Waals surface area contributed by atoms with Gasteiger partial charge in [-0.25, -0.2) is 0 Å². The van der Waals surface area contributed by atoms with Gasteiger partial charge in [-0.3, -0.25) is 0 Å². The summed E-state index contributed by atoms with van der Waals surface area (Å²) in [5, 5.41) is 5.22. The lowest BCUT2D eigenvalue weighted by Crippen LogP contribution is -1.94. The van der Waals surface area contributed by atoms with Crippen molar-refractivity contribution in [2.45, 2.75) is 0 Å². The van der Waals surface area contributed by atoms with Crippen LogP contribution in [0.15, 0.2) is 138 Å². The van der Waals surface area contributed by atoms with Crippen molar-refractivity contribution in [3.63, 3.8) is 0 Å². The van der Waals surface area contributed by atoms with Crippen molar-refractivity contribution in [3.8, 4) is 28.3 Å². The highest BCUT2D eigenvalue weighted by Crippen LogP contribution is 2.39. The van der Waals surface area contributed by atoms with Crippen LogP contribution in [0, 0.1) is 0 Å². The van der Waals surface area contributed by atoms with Gasteiger partial charge in [0, 0.05) is 43.9 Å². The minimum atomic E-state index is 0.596. The molecule has 4 heteroatoms. The third kappa shape index (κ3) is 3.67. The Morgan fingerprint density at radius 3 is 2.02 bits per heavy atom. The summed E-state index contributed by atoms with van der Waals surface area (Å²) < 4.78 is 15.0. The lowest BCUT2D eigenvalue weighted by atomic mass is 10.0. The fourth-order valence-electron chi connectivity index (χ4n) is 5.77. The van der Waals surface area contributed by atoms with E-state index in [1.165, 1.54) is 10.8 Å². The number of halogens is 1. The molecule has 190 valence electrons. The Balaban J connectivity index is 1.21. The van der Waals surface area contributed by atoms with Gasteiger partial charge in [0.15, 0.2) is 0 Å². The summed E-state index contributed by atoms with van der Waals surface area (Å²) in [5.41, 5.74) is 6.96. The molecule has 2 aromatic heterocycles. The van der Waals surface area contributed by atoms with Crippen molar-refractivity contribution in [2.75, 3.05) is 0 Å². The Morgan fingerprint density at radius 2 is 1.23 bits per heavy atom. The van der Waals surface area contributed by atoms with Crippen LogP contribution in [0.4, 0.5) is 0 Å². The van der Waals surface area contributed by atoms with Crippen LogP contribution in [0.1, 0.15) is 0 Å². The van der Waals surface area contributed by atoms with Gasteiger partial charge in [0.25, 0.3) is 0 Å². The maximum absolute atomic E-state index is 6.62. The summed E-state index contributed by atoms with van der Waals surface area (Å²) in [6.45, 7) is 0. The number of furan rings is 1. The topological polar surface area (TPSA) is 27.3 Å². The average molecular weight is 536 g/mol. The molecular formula is C36H22ClNO2. The van der Waals surface area contributed by atoms with Gasteiger partial charge < -0.3 is 13.7 Å². The molecule has 0 bridgehead atoms. The average Bonchev–Trinajstić information content (AvgIpc) is 3.53. The van der Waals surface area contributed by atoms with Crippen molar-refractivity contribution < 1.29 is 9.15 Å². The number of para-hydroxylation sites is 4. The van der Waals surface area contributed by atoms with Crippen molar-refractivity contribution in [1.82, 2.24) is 4.57 Å².